The molecule has 1 aromatic rings. The van der Waals surface area contributed by atoms with E-state index in [2.05, 4.69) is 45.8 Å². The summed E-state index contributed by atoms with van der Waals surface area (Å²) in [5, 5.41) is 0. The van der Waals surface area contributed by atoms with Crippen LogP contribution in [0.3, 0.4) is 0 Å². The summed E-state index contributed by atoms with van der Waals surface area (Å²) < 4.78 is 0. The molecule has 0 amide bonds. The minimum Gasteiger partial charge on any atom is -1.00 e. The Morgan fingerprint density at radius 3 is 1.68 bits per heavy atom. The summed E-state index contributed by atoms with van der Waals surface area (Å²) in [4.78, 5) is 0. The molecule has 3 heteroatoms. The summed E-state index contributed by atoms with van der Waals surface area (Å²) in [6.07, 6.45) is 16.1. The van der Waals surface area contributed by atoms with Crippen LogP contribution >= 0.6 is 21.5 Å². The smallest absolute Gasteiger partial charge is 0.139 e. The molecule has 0 aliphatic heterocycles. The van der Waals surface area contributed by atoms with Crippen molar-refractivity contribution in [1.29, 1.82) is 0 Å². The van der Waals surface area contributed by atoms with Gasteiger partial charge in [-0.25, -0.2) is 0 Å². The number of hydrogen-bond donors (Lipinski definition) is 0. The van der Waals surface area contributed by atoms with Crippen LogP contribution < -0.4 is 17.0 Å². The SMILES string of the molecule is Br[P+](Cc1ccccc1)(C1CCCCC1)C1CCCCC1.[Br-]. The summed E-state index contributed by atoms with van der Waals surface area (Å²) in [7, 11) is 0. The van der Waals surface area contributed by atoms with Crippen LogP contribution in [0, 0.1) is 0 Å². The lowest BCUT2D eigenvalue weighted by Gasteiger charge is -2.38. The van der Waals surface area contributed by atoms with Gasteiger partial charge in [0.15, 0.2) is 0 Å². The van der Waals surface area contributed by atoms with E-state index in [1.165, 1.54) is 70.4 Å². The van der Waals surface area contributed by atoms with Crippen LogP contribution in [-0.4, -0.2) is 11.3 Å². The van der Waals surface area contributed by atoms with Crippen molar-refractivity contribution in [2.24, 2.45) is 0 Å². The van der Waals surface area contributed by atoms with Gasteiger partial charge in [0.2, 0.25) is 0 Å². The second kappa shape index (κ2) is 9.19. The minimum absolute atomic E-state index is 0. The Labute approximate surface area is 155 Å². The van der Waals surface area contributed by atoms with E-state index in [4.69, 9.17) is 0 Å². The predicted molar refractivity (Wildman–Crippen MR) is 99.7 cm³/mol. The topological polar surface area (TPSA) is 0 Å². The van der Waals surface area contributed by atoms with Crippen LogP contribution in [0.2, 0.25) is 0 Å². The van der Waals surface area contributed by atoms with Crippen LogP contribution in [0.5, 0.6) is 0 Å². The van der Waals surface area contributed by atoms with Crippen molar-refractivity contribution in [3.63, 3.8) is 0 Å². The van der Waals surface area contributed by atoms with Crippen LogP contribution in [0.15, 0.2) is 30.3 Å². The van der Waals surface area contributed by atoms with Gasteiger partial charge in [0.1, 0.15) is 15.5 Å². The highest BCUT2D eigenvalue weighted by atomic mass is 79.9. The van der Waals surface area contributed by atoms with E-state index >= 15 is 0 Å². The standard InChI is InChI=1S/C19H29BrP.BrH/c20-21(18-12-6-2-7-13-18,19-14-8-3-9-15-19)16-17-10-4-1-5-11-17;/h1,4-5,10-11,18-19H,2-3,6-9,12-16H2;1H/q+1;/p-1. The van der Waals surface area contributed by atoms with E-state index < -0.39 is 5.96 Å². The molecule has 2 fully saturated rings. The minimum atomic E-state index is -1.03. The number of hydrogen-bond acceptors (Lipinski definition) is 0. The van der Waals surface area contributed by atoms with E-state index in [9.17, 15) is 0 Å². The molecule has 0 heterocycles. The van der Waals surface area contributed by atoms with Crippen LogP contribution in [-0.2, 0) is 6.16 Å². The third-order valence-electron chi connectivity index (χ3n) is 5.63. The molecule has 0 saturated heterocycles. The van der Waals surface area contributed by atoms with Crippen molar-refractivity contribution < 1.29 is 17.0 Å². The zero-order chi connectivity index (χ0) is 14.5. The lowest BCUT2D eigenvalue weighted by atomic mass is 9.99. The lowest BCUT2D eigenvalue weighted by Crippen LogP contribution is -3.00. The predicted octanol–water partition coefficient (Wildman–Crippen LogP) is 4.18. The largest absolute Gasteiger partial charge is 1.00 e. The maximum Gasteiger partial charge on any atom is 0.139 e. The first kappa shape index (κ1) is 18.9. The average molecular weight is 448 g/mol. The Balaban J connectivity index is 0.00000176. The van der Waals surface area contributed by atoms with Gasteiger partial charge in [0.25, 0.3) is 0 Å². The molecule has 124 valence electrons. The van der Waals surface area contributed by atoms with Crippen molar-refractivity contribution in [3.8, 4) is 0 Å². The molecule has 0 spiro atoms. The second-order valence-electron chi connectivity index (χ2n) is 7.06. The summed E-state index contributed by atoms with van der Waals surface area (Å²) >= 11 is 4.46. The van der Waals surface area contributed by atoms with Gasteiger partial charge in [-0.05, 0) is 56.9 Å². The summed E-state index contributed by atoms with van der Waals surface area (Å²) in [5.74, 6) is -1.03. The van der Waals surface area contributed by atoms with Crippen molar-refractivity contribution >= 4 is 21.5 Å². The van der Waals surface area contributed by atoms with Crippen LogP contribution in [0.1, 0.15) is 69.8 Å². The van der Waals surface area contributed by atoms with E-state index in [0.717, 1.165) is 11.3 Å². The van der Waals surface area contributed by atoms with Gasteiger partial charge < -0.3 is 17.0 Å². The molecular formula is C19H29Br2P. The van der Waals surface area contributed by atoms with Crippen molar-refractivity contribution in [3.05, 3.63) is 35.9 Å². The third kappa shape index (κ3) is 4.58. The zero-order valence-corrected chi connectivity index (χ0v) is 17.6. The fourth-order valence-electron chi connectivity index (χ4n) is 4.44. The van der Waals surface area contributed by atoms with E-state index in [1.54, 1.807) is 5.56 Å². The second-order valence-corrected chi connectivity index (χ2v) is 14.5. The molecule has 0 atom stereocenters. The Hall–Kier alpha value is 0.610. The van der Waals surface area contributed by atoms with Crippen molar-refractivity contribution in [2.45, 2.75) is 81.7 Å². The molecule has 22 heavy (non-hydrogen) atoms. The van der Waals surface area contributed by atoms with Gasteiger partial charge >= 0.3 is 0 Å². The van der Waals surface area contributed by atoms with Gasteiger partial charge in [-0.1, -0.05) is 43.2 Å². The monoisotopic (exact) mass is 446 g/mol. The van der Waals surface area contributed by atoms with Gasteiger partial charge in [0.05, 0.1) is 23.4 Å². The molecule has 0 N–H and O–H groups in total. The Morgan fingerprint density at radius 1 is 0.773 bits per heavy atom. The molecule has 2 aliphatic carbocycles. The van der Waals surface area contributed by atoms with E-state index in [0.29, 0.717) is 0 Å². The molecule has 3 rings (SSSR count). The summed E-state index contributed by atoms with van der Waals surface area (Å²) in [5.41, 5.74) is 3.56. The normalized spacial score (nSPS) is 21.3. The third-order valence-corrected chi connectivity index (χ3v) is 14.2. The van der Waals surface area contributed by atoms with Gasteiger partial charge in [-0.3, -0.25) is 0 Å². The molecule has 0 nitrogen and oxygen atoms in total. The highest BCUT2D eigenvalue weighted by Crippen LogP contribution is 2.79. The van der Waals surface area contributed by atoms with Crippen LogP contribution in [0.25, 0.3) is 0 Å². The molecule has 0 aromatic heterocycles. The first-order valence-electron chi connectivity index (χ1n) is 8.90. The lowest BCUT2D eigenvalue weighted by molar-refractivity contribution is -0.00000425. The fraction of sp³-hybridized carbons (Fsp3) is 0.684. The highest BCUT2D eigenvalue weighted by molar-refractivity contribution is 9.42. The maximum atomic E-state index is 4.46. The Bertz CT molecular complexity index is 404. The average Bonchev–Trinajstić information content (AvgIpc) is 2.57. The molecular weight excluding hydrogens is 419 g/mol. The van der Waals surface area contributed by atoms with Crippen molar-refractivity contribution in [2.75, 3.05) is 0 Å². The van der Waals surface area contributed by atoms with Crippen molar-refractivity contribution in [1.82, 2.24) is 0 Å². The molecule has 0 bridgehead atoms. The summed E-state index contributed by atoms with van der Waals surface area (Å²) in [6, 6.07) is 11.3. The van der Waals surface area contributed by atoms with Gasteiger partial charge in [-0.2, -0.15) is 0 Å². The fourth-order valence-corrected chi connectivity index (χ4v) is 12.1. The number of benzene rings is 1. The van der Waals surface area contributed by atoms with Crippen LogP contribution in [0.4, 0.5) is 0 Å². The highest BCUT2D eigenvalue weighted by Gasteiger charge is 2.51. The maximum absolute atomic E-state index is 4.46. The number of rotatable bonds is 4. The van der Waals surface area contributed by atoms with Gasteiger partial charge in [-0.15, -0.1) is 0 Å². The quantitative estimate of drug-likeness (QED) is 0.607. The van der Waals surface area contributed by atoms with Gasteiger partial charge in [0, 0.05) is 0 Å². The molecule has 0 unspecified atom stereocenters. The molecule has 2 aliphatic rings. The first-order chi connectivity index (χ1) is 10.3. The van der Waals surface area contributed by atoms with E-state index in [-0.39, 0.29) is 17.0 Å². The Kier molecular flexibility index (Phi) is 7.91. The number of halogens is 2. The zero-order valence-electron chi connectivity index (χ0n) is 13.5. The molecule has 0 radical (unpaired) electrons. The molecule has 2 saturated carbocycles. The molecule has 1 aromatic carbocycles. The summed E-state index contributed by atoms with van der Waals surface area (Å²) in [6.45, 7) is 0. The Morgan fingerprint density at radius 2 is 1.23 bits per heavy atom. The van der Waals surface area contributed by atoms with E-state index in [1.807, 2.05) is 0 Å². The first-order valence-corrected chi connectivity index (χ1v) is 13.0.